The molecule has 16 heavy (non-hydrogen) atoms. The van der Waals surface area contributed by atoms with E-state index in [1.807, 2.05) is 0 Å². The van der Waals surface area contributed by atoms with E-state index in [-0.39, 0.29) is 12.0 Å². The van der Waals surface area contributed by atoms with Crippen molar-refractivity contribution in [2.75, 3.05) is 17.7 Å². The zero-order valence-electron chi connectivity index (χ0n) is 8.70. The molecule has 1 aliphatic rings. The van der Waals surface area contributed by atoms with Gasteiger partial charge in [0, 0.05) is 16.8 Å². The van der Waals surface area contributed by atoms with Crippen LogP contribution in [0.4, 0.5) is 11.4 Å². The van der Waals surface area contributed by atoms with E-state index in [4.69, 9.17) is 10.5 Å². The number of nitrogens with one attached hydrogen (secondary N) is 1. The molecule has 1 atom stereocenters. The Morgan fingerprint density at radius 1 is 1.56 bits per heavy atom. The first kappa shape index (κ1) is 11.4. The number of carbonyl (C=O) groups is 1. The fourth-order valence-electron chi connectivity index (χ4n) is 1.63. The van der Waals surface area contributed by atoms with E-state index in [1.54, 1.807) is 18.2 Å². The third-order valence-corrected chi connectivity index (χ3v) is 3.13. The van der Waals surface area contributed by atoms with Crippen LogP contribution in [0.5, 0.6) is 0 Å². The minimum atomic E-state index is -0.315. The van der Waals surface area contributed by atoms with Crippen molar-refractivity contribution in [2.24, 2.45) is 0 Å². The average Bonchev–Trinajstić information content (AvgIpc) is 2.75. The van der Waals surface area contributed by atoms with Gasteiger partial charge in [-0.05, 0) is 47.0 Å². The molecule has 1 amide bonds. The van der Waals surface area contributed by atoms with Gasteiger partial charge in [-0.3, -0.25) is 4.79 Å². The van der Waals surface area contributed by atoms with Crippen LogP contribution in [0.15, 0.2) is 22.7 Å². The van der Waals surface area contributed by atoms with Crippen molar-refractivity contribution in [2.45, 2.75) is 18.9 Å². The molecular formula is C11H13BrN2O2. The lowest BCUT2D eigenvalue weighted by Crippen LogP contribution is -2.26. The second-order valence-electron chi connectivity index (χ2n) is 3.73. The van der Waals surface area contributed by atoms with Gasteiger partial charge >= 0.3 is 0 Å². The van der Waals surface area contributed by atoms with Crippen molar-refractivity contribution >= 4 is 33.2 Å². The predicted molar refractivity (Wildman–Crippen MR) is 66.2 cm³/mol. The topological polar surface area (TPSA) is 64.3 Å². The zero-order valence-corrected chi connectivity index (χ0v) is 10.3. The molecule has 3 N–H and O–H groups in total. The molecule has 5 heteroatoms. The third-order valence-electron chi connectivity index (χ3n) is 2.47. The number of anilines is 2. The Hall–Kier alpha value is -1.07. The Labute approximate surface area is 102 Å². The van der Waals surface area contributed by atoms with Crippen molar-refractivity contribution in [3.63, 3.8) is 0 Å². The standard InChI is InChI=1S/C11H13BrN2O2/c12-8-6-7(13)3-4-9(8)14-11(15)10-2-1-5-16-10/h3-4,6,10H,1-2,5,13H2,(H,14,15). The number of amides is 1. The number of nitrogens with two attached hydrogens (primary N) is 1. The summed E-state index contributed by atoms with van der Waals surface area (Å²) in [6, 6.07) is 5.27. The fraction of sp³-hybridized carbons (Fsp3) is 0.364. The van der Waals surface area contributed by atoms with Crippen LogP contribution in [0.2, 0.25) is 0 Å². The SMILES string of the molecule is Nc1ccc(NC(=O)C2CCCO2)c(Br)c1. The number of nitrogen functional groups attached to an aromatic ring is 1. The van der Waals surface area contributed by atoms with E-state index in [0.717, 1.165) is 23.0 Å². The summed E-state index contributed by atoms with van der Waals surface area (Å²) in [4.78, 5) is 11.8. The maximum Gasteiger partial charge on any atom is 0.253 e. The van der Waals surface area contributed by atoms with Crippen molar-refractivity contribution in [3.8, 4) is 0 Å². The lowest BCUT2D eigenvalue weighted by molar-refractivity contribution is -0.124. The minimum Gasteiger partial charge on any atom is -0.399 e. The predicted octanol–water partition coefficient (Wildman–Crippen LogP) is 2.15. The minimum absolute atomic E-state index is 0.0945. The van der Waals surface area contributed by atoms with Crippen LogP contribution in [0.1, 0.15) is 12.8 Å². The number of hydrogen-bond acceptors (Lipinski definition) is 3. The Morgan fingerprint density at radius 3 is 3.00 bits per heavy atom. The molecule has 4 nitrogen and oxygen atoms in total. The summed E-state index contributed by atoms with van der Waals surface area (Å²) >= 11 is 3.35. The highest BCUT2D eigenvalue weighted by molar-refractivity contribution is 9.10. The first-order valence-electron chi connectivity index (χ1n) is 5.14. The highest BCUT2D eigenvalue weighted by Gasteiger charge is 2.23. The summed E-state index contributed by atoms with van der Waals surface area (Å²) in [5, 5.41) is 2.81. The first-order valence-corrected chi connectivity index (χ1v) is 5.93. The van der Waals surface area contributed by atoms with Gasteiger partial charge in [0.25, 0.3) is 5.91 Å². The van der Waals surface area contributed by atoms with Gasteiger partial charge in [0.1, 0.15) is 6.10 Å². The second-order valence-corrected chi connectivity index (χ2v) is 4.58. The van der Waals surface area contributed by atoms with Crippen LogP contribution >= 0.6 is 15.9 Å². The Bertz CT molecular complexity index is 403. The smallest absolute Gasteiger partial charge is 0.253 e. The molecule has 1 unspecified atom stereocenters. The molecule has 0 radical (unpaired) electrons. The Morgan fingerprint density at radius 2 is 2.38 bits per heavy atom. The highest BCUT2D eigenvalue weighted by atomic mass is 79.9. The van der Waals surface area contributed by atoms with Crippen molar-refractivity contribution in [3.05, 3.63) is 22.7 Å². The first-order chi connectivity index (χ1) is 7.66. The lowest BCUT2D eigenvalue weighted by atomic mass is 10.2. The van der Waals surface area contributed by atoms with Crippen LogP contribution in [0.3, 0.4) is 0 Å². The van der Waals surface area contributed by atoms with Gasteiger partial charge in [-0.2, -0.15) is 0 Å². The third kappa shape index (κ3) is 2.54. The molecule has 1 aliphatic heterocycles. The number of hydrogen-bond donors (Lipinski definition) is 2. The maximum atomic E-state index is 11.8. The normalized spacial score (nSPS) is 19.7. The summed E-state index contributed by atoms with van der Waals surface area (Å²) in [7, 11) is 0. The van der Waals surface area contributed by atoms with Crippen molar-refractivity contribution in [1.29, 1.82) is 0 Å². The van der Waals surface area contributed by atoms with Gasteiger partial charge in [0.05, 0.1) is 5.69 Å². The molecule has 1 aromatic carbocycles. The molecular weight excluding hydrogens is 272 g/mol. The van der Waals surface area contributed by atoms with Gasteiger partial charge in [0.15, 0.2) is 0 Å². The van der Waals surface area contributed by atoms with Gasteiger partial charge in [0.2, 0.25) is 0 Å². The summed E-state index contributed by atoms with van der Waals surface area (Å²) < 4.78 is 6.08. The van der Waals surface area contributed by atoms with Crippen LogP contribution in [-0.4, -0.2) is 18.6 Å². The van der Waals surface area contributed by atoms with Gasteiger partial charge in [-0.25, -0.2) is 0 Å². The molecule has 0 saturated carbocycles. The molecule has 1 fully saturated rings. The number of halogens is 1. The van der Waals surface area contributed by atoms with E-state index < -0.39 is 0 Å². The Balaban J connectivity index is 2.05. The van der Waals surface area contributed by atoms with Crippen molar-refractivity contribution in [1.82, 2.24) is 0 Å². The maximum absolute atomic E-state index is 11.8. The monoisotopic (exact) mass is 284 g/mol. The Kier molecular flexibility index (Phi) is 3.46. The molecule has 0 bridgehead atoms. The molecule has 0 aromatic heterocycles. The summed E-state index contributed by atoms with van der Waals surface area (Å²) in [5.74, 6) is -0.0945. The molecule has 86 valence electrons. The van der Waals surface area contributed by atoms with E-state index >= 15 is 0 Å². The summed E-state index contributed by atoms with van der Waals surface area (Å²) in [6.07, 6.45) is 1.42. The largest absolute Gasteiger partial charge is 0.399 e. The molecule has 1 heterocycles. The highest BCUT2D eigenvalue weighted by Crippen LogP contribution is 2.25. The van der Waals surface area contributed by atoms with E-state index in [9.17, 15) is 4.79 Å². The van der Waals surface area contributed by atoms with Crippen LogP contribution in [-0.2, 0) is 9.53 Å². The summed E-state index contributed by atoms with van der Waals surface area (Å²) in [6.45, 7) is 0.668. The van der Waals surface area contributed by atoms with Gasteiger partial charge in [-0.15, -0.1) is 0 Å². The van der Waals surface area contributed by atoms with E-state index in [2.05, 4.69) is 21.2 Å². The molecule has 0 spiro atoms. The van der Waals surface area contributed by atoms with Crippen LogP contribution < -0.4 is 11.1 Å². The van der Waals surface area contributed by atoms with Crippen LogP contribution in [0, 0.1) is 0 Å². The molecule has 1 aromatic rings. The molecule has 0 aliphatic carbocycles. The quantitative estimate of drug-likeness (QED) is 0.818. The number of ether oxygens (including phenoxy) is 1. The van der Waals surface area contributed by atoms with Crippen LogP contribution in [0.25, 0.3) is 0 Å². The number of benzene rings is 1. The average molecular weight is 285 g/mol. The van der Waals surface area contributed by atoms with E-state index in [0.29, 0.717) is 12.3 Å². The summed E-state index contributed by atoms with van der Waals surface area (Å²) in [5.41, 5.74) is 6.98. The zero-order chi connectivity index (χ0) is 11.5. The van der Waals surface area contributed by atoms with Gasteiger partial charge in [-0.1, -0.05) is 0 Å². The van der Waals surface area contributed by atoms with Gasteiger partial charge < -0.3 is 15.8 Å². The van der Waals surface area contributed by atoms with E-state index in [1.165, 1.54) is 0 Å². The molecule has 2 rings (SSSR count). The lowest BCUT2D eigenvalue weighted by Gasteiger charge is -2.11. The molecule has 1 saturated heterocycles. The van der Waals surface area contributed by atoms with Crippen molar-refractivity contribution < 1.29 is 9.53 Å². The fourth-order valence-corrected chi connectivity index (χ4v) is 2.13. The second kappa shape index (κ2) is 4.84. The number of carbonyl (C=O) groups excluding carboxylic acids is 1. The number of rotatable bonds is 2.